The average Bonchev–Trinajstić information content (AvgIpc) is 2.34. The summed E-state index contributed by atoms with van der Waals surface area (Å²) >= 11 is 0. The highest BCUT2D eigenvalue weighted by molar-refractivity contribution is 5.30. The molecule has 1 aliphatic heterocycles. The largest absolute Gasteiger partial charge is 0.496 e. The summed E-state index contributed by atoms with van der Waals surface area (Å²) in [6, 6.07) is 0.0844. The summed E-state index contributed by atoms with van der Waals surface area (Å²) in [5.41, 5.74) is 6.96. The normalized spacial score (nSPS) is 24.8. The van der Waals surface area contributed by atoms with Crippen molar-refractivity contribution in [2.45, 2.75) is 26.3 Å². The molecular weight excluding hydrogens is 138 g/mol. The average molecular weight is 153 g/mol. The van der Waals surface area contributed by atoms with Crippen molar-refractivity contribution in [2.24, 2.45) is 5.73 Å². The minimum Gasteiger partial charge on any atom is -0.496 e. The van der Waals surface area contributed by atoms with Crippen molar-refractivity contribution < 1.29 is 4.74 Å². The Kier molecular flexibility index (Phi) is 2.71. The molecule has 0 aromatic heterocycles. The number of nitrogens with two attached hydrogens (primary N) is 1. The molecule has 0 amide bonds. The van der Waals surface area contributed by atoms with E-state index < -0.39 is 0 Å². The van der Waals surface area contributed by atoms with Gasteiger partial charge in [0.25, 0.3) is 0 Å². The molecule has 2 nitrogen and oxygen atoms in total. The minimum absolute atomic E-state index is 0.0844. The van der Waals surface area contributed by atoms with Crippen LogP contribution in [0.25, 0.3) is 0 Å². The van der Waals surface area contributed by atoms with E-state index in [1.54, 1.807) is 0 Å². The Bertz CT molecular complexity index is 194. The van der Waals surface area contributed by atoms with Crippen molar-refractivity contribution >= 4 is 0 Å². The molecule has 1 unspecified atom stereocenters. The first-order valence-electron chi connectivity index (χ1n) is 4.03. The summed E-state index contributed by atoms with van der Waals surface area (Å²) in [5.74, 6) is 1.05. The van der Waals surface area contributed by atoms with Crippen LogP contribution < -0.4 is 5.73 Å². The van der Waals surface area contributed by atoms with Crippen LogP contribution in [-0.4, -0.2) is 12.6 Å². The molecule has 11 heavy (non-hydrogen) atoms. The standard InChI is InChI=1S/C9H15NO/c1-3-5-7-8(10)6-11-9(7)4-2/h3,5,8H,4,6,10H2,1-2H3/b5-3-. The highest BCUT2D eigenvalue weighted by Crippen LogP contribution is 2.21. The number of hydrogen-bond acceptors (Lipinski definition) is 2. The lowest BCUT2D eigenvalue weighted by Crippen LogP contribution is -2.22. The van der Waals surface area contributed by atoms with E-state index >= 15 is 0 Å². The lowest BCUT2D eigenvalue weighted by Gasteiger charge is -1.99. The number of hydrogen-bond donors (Lipinski definition) is 1. The zero-order chi connectivity index (χ0) is 8.27. The van der Waals surface area contributed by atoms with E-state index in [2.05, 4.69) is 6.92 Å². The van der Waals surface area contributed by atoms with E-state index in [9.17, 15) is 0 Å². The molecule has 0 aromatic rings. The van der Waals surface area contributed by atoms with Crippen LogP contribution >= 0.6 is 0 Å². The van der Waals surface area contributed by atoms with E-state index in [-0.39, 0.29) is 6.04 Å². The van der Waals surface area contributed by atoms with E-state index in [0.717, 1.165) is 17.8 Å². The molecule has 1 aliphatic rings. The molecule has 1 rings (SSSR count). The smallest absolute Gasteiger partial charge is 0.107 e. The van der Waals surface area contributed by atoms with Crippen LogP contribution in [0.1, 0.15) is 20.3 Å². The van der Waals surface area contributed by atoms with E-state index in [1.807, 2.05) is 19.1 Å². The van der Waals surface area contributed by atoms with Crippen molar-refractivity contribution in [3.8, 4) is 0 Å². The first-order valence-corrected chi connectivity index (χ1v) is 4.03. The van der Waals surface area contributed by atoms with Crippen LogP contribution in [0.2, 0.25) is 0 Å². The summed E-state index contributed by atoms with van der Waals surface area (Å²) < 4.78 is 5.38. The van der Waals surface area contributed by atoms with Gasteiger partial charge in [-0.25, -0.2) is 0 Å². The van der Waals surface area contributed by atoms with Gasteiger partial charge in [-0.15, -0.1) is 0 Å². The molecule has 62 valence electrons. The van der Waals surface area contributed by atoms with Gasteiger partial charge in [0.05, 0.1) is 6.04 Å². The molecule has 1 atom stereocenters. The third-order valence-electron chi connectivity index (χ3n) is 1.83. The molecule has 0 aromatic carbocycles. The predicted octanol–water partition coefficient (Wildman–Crippen LogP) is 1.58. The number of rotatable bonds is 2. The first kappa shape index (κ1) is 8.34. The van der Waals surface area contributed by atoms with Crippen LogP contribution in [0.15, 0.2) is 23.5 Å². The maximum Gasteiger partial charge on any atom is 0.107 e. The Morgan fingerprint density at radius 2 is 2.45 bits per heavy atom. The fraction of sp³-hybridized carbons (Fsp3) is 0.556. The lowest BCUT2D eigenvalue weighted by molar-refractivity contribution is 0.228. The van der Waals surface area contributed by atoms with Gasteiger partial charge in [-0.2, -0.15) is 0 Å². The monoisotopic (exact) mass is 153 g/mol. The fourth-order valence-electron chi connectivity index (χ4n) is 1.27. The summed E-state index contributed by atoms with van der Waals surface area (Å²) in [5, 5.41) is 0. The van der Waals surface area contributed by atoms with E-state index in [4.69, 9.17) is 10.5 Å². The molecule has 0 radical (unpaired) electrons. The topological polar surface area (TPSA) is 35.2 Å². The second kappa shape index (κ2) is 3.58. The lowest BCUT2D eigenvalue weighted by atomic mass is 10.1. The molecule has 0 spiro atoms. The fourth-order valence-corrected chi connectivity index (χ4v) is 1.27. The molecule has 1 heterocycles. The van der Waals surface area contributed by atoms with Crippen molar-refractivity contribution in [3.05, 3.63) is 23.5 Å². The minimum atomic E-state index is 0.0844. The SMILES string of the molecule is C/C=C\C1=C(CC)OCC1N. The highest BCUT2D eigenvalue weighted by Gasteiger charge is 2.19. The van der Waals surface area contributed by atoms with Crippen LogP contribution in [-0.2, 0) is 4.74 Å². The molecule has 0 aliphatic carbocycles. The zero-order valence-corrected chi connectivity index (χ0v) is 7.13. The van der Waals surface area contributed by atoms with Gasteiger partial charge in [-0.1, -0.05) is 19.1 Å². The first-order chi connectivity index (χ1) is 5.29. The van der Waals surface area contributed by atoms with Gasteiger partial charge in [-0.3, -0.25) is 0 Å². The van der Waals surface area contributed by atoms with Crippen molar-refractivity contribution in [2.75, 3.05) is 6.61 Å². The van der Waals surface area contributed by atoms with Gasteiger partial charge in [0, 0.05) is 12.0 Å². The second-order valence-electron chi connectivity index (χ2n) is 2.65. The maximum atomic E-state index is 5.80. The van der Waals surface area contributed by atoms with Gasteiger partial charge in [0.15, 0.2) is 0 Å². The Balaban J connectivity index is 2.80. The van der Waals surface area contributed by atoms with Crippen molar-refractivity contribution in [1.29, 1.82) is 0 Å². The van der Waals surface area contributed by atoms with Gasteiger partial charge in [0.2, 0.25) is 0 Å². The zero-order valence-electron chi connectivity index (χ0n) is 7.13. The van der Waals surface area contributed by atoms with Crippen LogP contribution in [0.3, 0.4) is 0 Å². The van der Waals surface area contributed by atoms with Crippen LogP contribution in [0.5, 0.6) is 0 Å². The molecular formula is C9H15NO. The van der Waals surface area contributed by atoms with Gasteiger partial charge in [0.1, 0.15) is 12.4 Å². The Morgan fingerprint density at radius 3 is 3.00 bits per heavy atom. The van der Waals surface area contributed by atoms with E-state index in [0.29, 0.717) is 6.61 Å². The molecule has 2 heteroatoms. The molecule has 2 N–H and O–H groups in total. The quantitative estimate of drug-likeness (QED) is 0.653. The Labute approximate surface area is 67.7 Å². The van der Waals surface area contributed by atoms with Gasteiger partial charge in [-0.05, 0) is 6.92 Å². The predicted molar refractivity (Wildman–Crippen MR) is 46.1 cm³/mol. The van der Waals surface area contributed by atoms with Gasteiger partial charge < -0.3 is 10.5 Å². The van der Waals surface area contributed by atoms with Crippen LogP contribution in [0, 0.1) is 0 Å². The third kappa shape index (κ3) is 1.63. The molecule has 0 saturated heterocycles. The highest BCUT2D eigenvalue weighted by atomic mass is 16.5. The Morgan fingerprint density at radius 1 is 1.73 bits per heavy atom. The van der Waals surface area contributed by atoms with Gasteiger partial charge >= 0.3 is 0 Å². The molecule has 0 bridgehead atoms. The number of ether oxygens (including phenoxy) is 1. The maximum absolute atomic E-state index is 5.80. The molecule has 0 saturated carbocycles. The Hall–Kier alpha value is -0.760. The summed E-state index contributed by atoms with van der Waals surface area (Å²) in [4.78, 5) is 0. The number of allylic oxidation sites excluding steroid dienone is 2. The summed E-state index contributed by atoms with van der Waals surface area (Å²) in [6.45, 7) is 4.71. The van der Waals surface area contributed by atoms with Crippen LogP contribution in [0.4, 0.5) is 0 Å². The second-order valence-corrected chi connectivity index (χ2v) is 2.65. The van der Waals surface area contributed by atoms with Crippen molar-refractivity contribution in [1.82, 2.24) is 0 Å². The third-order valence-corrected chi connectivity index (χ3v) is 1.83. The van der Waals surface area contributed by atoms with Crippen molar-refractivity contribution in [3.63, 3.8) is 0 Å². The van der Waals surface area contributed by atoms with E-state index in [1.165, 1.54) is 0 Å². The molecule has 0 fully saturated rings. The summed E-state index contributed by atoms with van der Waals surface area (Å²) in [6.07, 6.45) is 4.98. The summed E-state index contributed by atoms with van der Waals surface area (Å²) in [7, 11) is 0.